The predicted molar refractivity (Wildman–Crippen MR) is 103 cm³/mol. The first kappa shape index (κ1) is 21.5. The van der Waals surface area contributed by atoms with E-state index in [9.17, 15) is 24.3 Å². The van der Waals surface area contributed by atoms with Gasteiger partial charge in [-0.1, -0.05) is 12.7 Å². The van der Waals surface area contributed by atoms with E-state index in [4.69, 9.17) is 18.9 Å². The number of carbonyl (C=O) groups is 4. The molecular formula is C22H24O9. The second-order valence-corrected chi connectivity index (χ2v) is 8.45. The summed E-state index contributed by atoms with van der Waals surface area (Å²) >= 11 is 0. The summed E-state index contributed by atoms with van der Waals surface area (Å²) in [7, 11) is 0. The monoisotopic (exact) mass is 432 g/mol. The largest absolute Gasteiger partial charge is 0.461 e. The highest BCUT2D eigenvalue weighted by Gasteiger charge is 2.75. The Morgan fingerprint density at radius 1 is 1.32 bits per heavy atom. The third-order valence-corrected chi connectivity index (χ3v) is 6.68. The average Bonchev–Trinajstić information content (AvgIpc) is 3.26. The van der Waals surface area contributed by atoms with Crippen molar-refractivity contribution >= 4 is 23.7 Å². The maximum atomic E-state index is 12.9. The van der Waals surface area contributed by atoms with Crippen LogP contribution in [0.25, 0.3) is 0 Å². The van der Waals surface area contributed by atoms with Gasteiger partial charge in [-0.05, 0) is 26.3 Å². The fraction of sp³-hybridized carbons (Fsp3) is 0.545. The number of carbonyl (C=O) groups excluding carboxylic acids is 4. The van der Waals surface area contributed by atoms with Crippen LogP contribution in [0.2, 0.25) is 0 Å². The van der Waals surface area contributed by atoms with E-state index in [2.05, 4.69) is 6.58 Å². The zero-order valence-corrected chi connectivity index (χ0v) is 17.7. The van der Waals surface area contributed by atoms with Crippen molar-refractivity contribution in [3.63, 3.8) is 0 Å². The molecule has 9 nitrogen and oxygen atoms in total. The number of aliphatic hydroxyl groups excluding tert-OH is 1. The van der Waals surface area contributed by atoms with Gasteiger partial charge in [0, 0.05) is 18.1 Å². The number of epoxide rings is 1. The third-order valence-electron chi connectivity index (χ3n) is 6.68. The van der Waals surface area contributed by atoms with Crippen LogP contribution in [0.3, 0.4) is 0 Å². The zero-order valence-electron chi connectivity index (χ0n) is 17.7. The maximum Gasteiger partial charge on any atom is 0.337 e. The summed E-state index contributed by atoms with van der Waals surface area (Å²) in [5.74, 6) is -3.78. The molecule has 2 aliphatic carbocycles. The fourth-order valence-electron chi connectivity index (χ4n) is 4.93. The highest BCUT2D eigenvalue weighted by Crippen LogP contribution is 2.60. The van der Waals surface area contributed by atoms with E-state index in [1.807, 2.05) is 0 Å². The number of hydrogen-bond donors (Lipinski definition) is 1. The van der Waals surface area contributed by atoms with Crippen LogP contribution in [-0.2, 0) is 38.1 Å². The lowest BCUT2D eigenvalue weighted by atomic mass is 9.79. The van der Waals surface area contributed by atoms with Gasteiger partial charge in [-0.25, -0.2) is 9.59 Å². The Morgan fingerprint density at radius 3 is 2.61 bits per heavy atom. The average molecular weight is 432 g/mol. The second-order valence-electron chi connectivity index (χ2n) is 8.45. The minimum absolute atomic E-state index is 0.0538. The summed E-state index contributed by atoms with van der Waals surface area (Å²) in [5, 5.41) is 11.1. The van der Waals surface area contributed by atoms with E-state index in [0.717, 1.165) is 0 Å². The molecule has 4 aliphatic rings. The smallest absolute Gasteiger partial charge is 0.337 e. The number of ketones is 1. The van der Waals surface area contributed by atoms with Gasteiger partial charge in [0.1, 0.15) is 30.5 Å². The molecule has 2 aliphatic heterocycles. The molecule has 1 saturated carbocycles. The first-order valence-corrected chi connectivity index (χ1v) is 10.0. The van der Waals surface area contributed by atoms with Gasteiger partial charge in [-0.2, -0.15) is 0 Å². The molecule has 0 bridgehead atoms. The molecule has 0 aromatic carbocycles. The van der Waals surface area contributed by atoms with Gasteiger partial charge in [-0.3, -0.25) is 9.59 Å². The van der Waals surface area contributed by atoms with E-state index in [-0.39, 0.29) is 23.5 Å². The SMILES string of the molecule is C=C1C(=O)OC2C1C(OC(=O)C(=CC)COC(C)=O)C(O)C(C)=C1C(=O)C3OC3(C)C12. The third kappa shape index (κ3) is 3.06. The first-order chi connectivity index (χ1) is 14.5. The molecule has 0 aromatic rings. The van der Waals surface area contributed by atoms with Gasteiger partial charge in [0.05, 0.1) is 17.4 Å². The van der Waals surface area contributed by atoms with Crippen molar-refractivity contribution in [2.45, 2.75) is 57.7 Å². The standard InChI is InChI=1S/C22H24O9/c1-6-11(7-28-10(4)23)21(27)30-18-13-9(3)20(26)29-17(13)14-12(8(2)15(18)24)16(25)19-22(14,5)31-19/h6,13-15,17-19,24H,3,7H2,1-2,4-5H3. The topological polar surface area (TPSA) is 129 Å². The molecule has 3 fully saturated rings. The molecule has 9 heteroatoms. The molecule has 4 rings (SSSR count). The predicted octanol–water partition coefficient (Wildman–Crippen LogP) is 0.553. The van der Waals surface area contributed by atoms with Crippen molar-refractivity contribution in [3.8, 4) is 0 Å². The lowest BCUT2D eigenvalue weighted by Crippen LogP contribution is -2.44. The van der Waals surface area contributed by atoms with Crippen molar-refractivity contribution in [1.29, 1.82) is 0 Å². The molecule has 0 amide bonds. The summed E-state index contributed by atoms with van der Waals surface area (Å²) < 4.78 is 21.7. The number of aliphatic hydroxyl groups is 1. The van der Waals surface area contributed by atoms with E-state index in [1.165, 1.54) is 13.0 Å². The fourth-order valence-corrected chi connectivity index (χ4v) is 4.93. The van der Waals surface area contributed by atoms with Gasteiger partial charge in [0.15, 0.2) is 11.9 Å². The van der Waals surface area contributed by atoms with Crippen LogP contribution in [0.15, 0.2) is 34.9 Å². The lowest BCUT2D eigenvalue weighted by Gasteiger charge is -2.31. The summed E-state index contributed by atoms with van der Waals surface area (Å²) in [4.78, 5) is 49.1. The number of esters is 3. The summed E-state index contributed by atoms with van der Waals surface area (Å²) in [5.41, 5.74) is -0.0148. The van der Waals surface area contributed by atoms with Gasteiger partial charge in [0.25, 0.3) is 0 Å². The molecule has 0 aromatic heterocycles. The Hall–Kier alpha value is -2.78. The Balaban J connectivity index is 1.71. The molecule has 31 heavy (non-hydrogen) atoms. The highest BCUT2D eigenvalue weighted by atomic mass is 16.6. The molecule has 0 radical (unpaired) electrons. The Morgan fingerprint density at radius 2 is 2.00 bits per heavy atom. The second kappa shape index (κ2) is 7.13. The van der Waals surface area contributed by atoms with E-state index in [1.54, 1.807) is 20.8 Å². The van der Waals surface area contributed by atoms with Crippen molar-refractivity contribution in [2.24, 2.45) is 11.8 Å². The first-order valence-electron chi connectivity index (χ1n) is 10.0. The van der Waals surface area contributed by atoms with E-state index < -0.39 is 59.8 Å². The van der Waals surface area contributed by atoms with Crippen LogP contribution < -0.4 is 0 Å². The van der Waals surface area contributed by atoms with Crippen LogP contribution in [0.4, 0.5) is 0 Å². The van der Waals surface area contributed by atoms with Gasteiger partial charge in [-0.15, -0.1) is 0 Å². The normalized spacial score (nSPS) is 38.7. The molecule has 1 N–H and O–H groups in total. The van der Waals surface area contributed by atoms with Crippen LogP contribution in [0.5, 0.6) is 0 Å². The van der Waals surface area contributed by atoms with Gasteiger partial charge >= 0.3 is 17.9 Å². The van der Waals surface area contributed by atoms with Crippen molar-refractivity contribution < 1.29 is 43.2 Å². The summed E-state index contributed by atoms with van der Waals surface area (Å²) in [6, 6.07) is 0. The molecule has 166 valence electrons. The van der Waals surface area contributed by atoms with Crippen LogP contribution in [0, 0.1) is 11.8 Å². The highest BCUT2D eigenvalue weighted by molar-refractivity contribution is 6.07. The summed E-state index contributed by atoms with van der Waals surface area (Å²) in [6.07, 6.45) is -2.66. The van der Waals surface area contributed by atoms with Crippen molar-refractivity contribution in [3.05, 3.63) is 34.9 Å². The minimum Gasteiger partial charge on any atom is -0.461 e. The molecular weight excluding hydrogens is 408 g/mol. The molecule has 7 atom stereocenters. The number of fused-ring (bicyclic) bond motifs is 5. The van der Waals surface area contributed by atoms with Crippen molar-refractivity contribution in [2.75, 3.05) is 6.61 Å². The maximum absolute atomic E-state index is 12.9. The quantitative estimate of drug-likeness (QED) is 0.293. The number of rotatable bonds is 4. The minimum atomic E-state index is -1.36. The van der Waals surface area contributed by atoms with Gasteiger partial charge < -0.3 is 24.1 Å². The van der Waals surface area contributed by atoms with Gasteiger partial charge in [0.2, 0.25) is 0 Å². The Kier molecular flexibility index (Phi) is 4.94. The van der Waals surface area contributed by atoms with Crippen LogP contribution in [-0.4, -0.2) is 65.4 Å². The number of hydrogen-bond acceptors (Lipinski definition) is 9. The number of allylic oxidation sites excluding steroid dienone is 1. The zero-order chi connectivity index (χ0) is 22.8. The van der Waals surface area contributed by atoms with E-state index >= 15 is 0 Å². The molecule has 0 spiro atoms. The van der Waals surface area contributed by atoms with Crippen LogP contribution in [0.1, 0.15) is 27.7 Å². The summed E-state index contributed by atoms with van der Waals surface area (Å²) in [6.45, 7) is 9.65. The van der Waals surface area contributed by atoms with E-state index in [0.29, 0.717) is 11.1 Å². The van der Waals surface area contributed by atoms with Crippen LogP contribution >= 0.6 is 0 Å². The number of Topliss-reactive ketones (excluding diaryl/α,β-unsaturated/α-hetero) is 1. The Bertz CT molecular complexity index is 973. The molecule has 2 heterocycles. The molecule has 7 unspecified atom stereocenters. The van der Waals surface area contributed by atoms with Crippen molar-refractivity contribution in [1.82, 2.24) is 0 Å². The lowest BCUT2D eigenvalue weighted by molar-refractivity contribution is -0.156. The molecule has 2 saturated heterocycles. The number of ether oxygens (including phenoxy) is 4. The Labute approximate surface area is 178 Å².